The summed E-state index contributed by atoms with van der Waals surface area (Å²) in [4.78, 5) is 39.8. The van der Waals surface area contributed by atoms with E-state index in [0.717, 1.165) is 0 Å². The van der Waals surface area contributed by atoms with Gasteiger partial charge in [0.1, 0.15) is 5.69 Å². The molecule has 2 N–H and O–H groups in total. The number of aryl methyl sites for hydroxylation is 1. The highest BCUT2D eigenvalue weighted by Crippen LogP contribution is 2.22. The molecule has 1 saturated heterocycles. The predicted molar refractivity (Wildman–Crippen MR) is 120 cm³/mol. The molecule has 1 aliphatic heterocycles. The van der Waals surface area contributed by atoms with Crippen molar-refractivity contribution in [2.24, 2.45) is 0 Å². The van der Waals surface area contributed by atoms with Gasteiger partial charge in [-0.05, 0) is 51.5 Å². The number of H-pyrrole nitrogens is 1. The van der Waals surface area contributed by atoms with E-state index in [4.69, 9.17) is 9.47 Å². The van der Waals surface area contributed by atoms with Gasteiger partial charge in [0.25, 0.3) is 5.91 Å². The Hall–Kier alpha value is -3.02. The molecule has 2 aromatic rings. The number of sulfonamides is 1. The van der Waals surface area contributed by atoms with E-state index in [2.05, 4.69) is 10.3 Å². The number of carbonyl (C=O) groups is 3. The maximum absolute atomic E-state index is 12.8. The summed E-state index contributed by atoms with van der Waals surface area (Å²) in [5.74, 6) is -1.58. The normalized spacial score (nSPS) is 15.6. The summed E-state index contributed by atoms with van der Waals surface area (Å²) < 4.78 is 37.5. The van der Waals surface area contributed by atoms with E-state index in [9.17, 15) is 22.8 Å². The van der Waals surface area contributed by atoms with Gasteiger partial charge >= 0.3 is 5.97 Å². The third kappa shape index (κ3) is 5.32. The number of nitrogens with one attached hydrogen (secondary N) is 2. The zero-order chi connectivity index (χ0) is 24.3. The Balaban J connectivity index is 1.69. The molecule has 0 spiro atoms. The largest absolute Gasteiger partial charge is 0.448 e. The maximum Gasteiger partial charge on any atom is 0.355 e. The first-order valence-electron chi connectivity index (χ1n) is 10.4. The fourth-order valence-electron chi connectivity index (χ4n) is 3.67. The summed E-state index contributed by atoms with van der Waals surface area (Å²) in [6, 6.07) is 5.87. The van der Waals surface area contributed by atoms with Gasteiger partial charge in [0.2, 0.25) is 10.0 Å². The molecule has 0 bridgehead atoms. The van der Waals surface area contributed by atoms with Crippen LogP contribution in [0.1, 0.15) is 46.0 Å². The molecule has 1 aromatic heterocycles. The highest BCUT2D eigenvalue weighted by atomic mass is 32.2. The van der Waals surface area contributed by atoms with Crippen LogP contribution in [-0.4, -0.2) is 67.8 Å². The lowest BCUT2D eigenvalue weighted by Crippen LogP contribution is -2.40. The van der Waals surface area contributed by atoms with Crippen LogP contribution in [0, 0.1) is 13.8 Å². The fraction of sp³-hybridized carbons (Fsp3) is 0.409. The Morgan fingerprint density at radius 1 is 1.18 bits per heavy atom. The van der Waals surface area contributed by atoms with E-state index >= 15 is 0 Å². The molecule has 1 fully saturated rings. The van der Waals surface area contributed by atoms with Crippen molar-refractivity contribution >= 4 is 33.4 Å². The molecular formula is C22H27N3O7S. The second-order valence-electron chi connectivity index (χ2n) is 7.76. The first-order valence-corrected chi connectivity index (χ1v) is 11.9. The number of morpholine rings is 1. The van der Waals surface area contributed by atoms with Gasteiger partial charge in [0, 0.05) is 30.0 Å². The molecule has 33 heavy (non-hydrogen) atoms. The van der Waals surface area contributed by atoms with Gasteiger partial charge in [-0.3, -0.25) is 9.59 Å². The lowest BCUT2D eigenvalue weighted by atomic mass is 10.1. The second kappa shape index (κ2) is 9.86. The van der Waals surface area contributed by atoms with Gasteiger partial charge in [-0.25, -0.2) is 13.2 Å². The number of rotatable bonds is 7. The Labute approximate surface area is 192 Å². The molecule has 10 nitrogen and oxygen atoms in total. The van der Waals surface area contributed by atoms with Crippen LogP contribution >= 0.6 is 0 Å². The molecule has 178 valence electrons. The van der Waals surface area contributed by atoms with Crippen LogP contribution in [0.25, 0.3) is 0 Å². The van der Waals surface area contributed by atoms with Crippen molar-refractivity contribution in [2.45, 2.75) is 38.7 Å². The molecule has 11 heteroatoms. The van der Waals surface area contributed by atoms with Crippen molar-refractivity contribution in [3.8, 4) is 0 Å². The lowest BCUT2D eigenvalue weighted by Gasteiger charge is -2.26. The van der Waals surface area contributed by atoms with E-state index < -0.39 is 28.0 Å². The minimum Gasteiger partial charge on any atom is -0.448 e. The van der Waals surface area contributed by atoms with E-state index in [1.807, 2.05) is 0 Å². The fourth-order valence-corrected chi connectivity index (χ4v) is 5.12. The van der Waals surface area contributed by atoms with Crippen LogP contribution in [-0.2, 0) is 24.3 Å². The first kappa shape index (κ1) is 24.6. The topological polar surface area (TPSA) is 135 Å². The Morgan fingerprint density at radius 3 is 2.45 bits per heavy atom. The van der Waals surface area contributed by atoms with Crippen molar-refractivity contribution in [3.05, 3.63) is 46.8 Å². The maximum atomic E-state index is 12.8. The Kier molecular flexibility index (Phi) is 7.35. The summed E-state index contributed by atoms with van der Waals surface area (Å²) >= 11 is 0. The van der Waals surface area contributed by atoms with E-state index in [0.29, 0.717) is 30.0 Å². The molecule has 2 heterocycles. The van der Waals surface area contributed by atoms with Crippen LogP contribution in [0.5, 0.6) is 0 Å². The third-order valence-electron chi connectivity index (χ3n) is 5.36. The number of Topliss-reactive ketones (excluding diaryl/α,β-unsaturated/α-hetero) is 1. The molecule has 0 unspecified atom stereocenters. The molecule has 1 aromatic carbocycles. The molecule has 1 amide bonds. The molecule has 1 atom stereocenters. The summed E-state index contributed by atoms with van der Waals surface area (Å²) in [7, 11) is -3.72. The van der Waals surface area contributed by atoms with Gasteiger partial charge in [-0.2, -0.15) is 4.31 Å². The van der Waals surface area contributed by atoms with Gasteiger partial charge in [-0.15, -0.1) is 0 Å². The SMILES string of the molecule is CC(=O)c1c(C)[nH]c(C(=O)O[C@H](C)C(=O)Nc2cccc(S(=O)(=O)N3CCOCC3)c2)c1C. The van der Waals surface area contributed by atoms with Crippen molar-refractivity contribution in [2.75, 3.05) is 31.6 Å². The number of esters is 1. The van der Waals surface area contributed by atoms with Gasteiger partial charge in [0.05, 0.1) is 18.1 Å². The lowest BCUT2D eigenvalue weighted by molar-refractivity contribution is -0.123. The van der Waals surface area contributed by atoms with Crippen LogP contribution in [0.2, 0.25) is 0 Å². The van der Waals surface area contributed by atoms with Crippen molar-refractivity contribution in [1.29, 1.82) is 0 Å². The number of aromatic nitrogens is 1. The summed E-state index contributed by atoms with van der Waals surface area (Å²) in [5, 5.41) is 2.58. The van der Waals surface area contributed by atoms with Crippen molar-refractivity contribution in [1.82, 2.24) is 9.29 Å². The number of nitrogens with zero attached hydrogens (tertiary/aromatic N) is 1. The first-order chi connectivity index (χ1) is 15.5. The smallest absolute Gasteiger partial charge is 0.355 e. The van der Waals surface area contributed by atoms with Gasteiger partial charge < -0.3 is 19.8 Å². The monoisotopic (exact) mass is 477 g/mol. The summed E-state index contributed by atoms with van der Waals surface area (Å²) in [5.41, 5.74) is 1.78. The van der Waals surface area contributed by atoms with Gasteiger partial charge in [-0.1, -0.05) is 6.07 Å². The number of aromatic amines is 1. The standard InChI is InChI=1S/C22H27N3O7S/c1-13-19(15(3)26)14(2)23-20(13)22(28)32-16(4)21(27)24-17-6-5-7-18(12-17)33(29,30)25-8-10-31-11-9-25/h5-7,12,16,23H,8-11H2,1-4H3,(H,24,27)/t16-/m1/s1. The molecular weight excluding hydrogens is 450 g/mol. The minimum atomic E-state index is -3.72. The third-order valence-corrected chi connectivity index (χ3v) is 7.25. The molecule has 3 rings (SSSR count). The number of amides is 1. The number of hydrogen-bond acceptors (Lipinski definition) is 7. The number of benzene rings is 1. The molecule has 0 saturated carbocycles. The van der Waals surface area contributed by atoms with Crippen LogP contribution < -0.4 is 5.32 Å². The average Bonchev–Trinajstić information content (AvgIpc) is 3.08. The van der Waals surface area contributed by atoms with Crippen LogP contribution in [0.3, 0.4) is 0 Å². The minimum absolute atomic E-state index is 0.0427. The van der Waals surface area contributed by atoms with Crippen molar-refractivity contribution in [3.63, 3.8) is 0 Å². The Morgan fingerprint density at radius 2 is 1.85 bits per heavy atom. The quantitative estimate of drug-likeness (QED) is 0.460. The Bertz CT molecular complexity index is 1180. The number of ether oxygens (including phenoxy) is 2. The van der Waals surface area contributed by atoms with Crippen LogP contribution in [0.4, 0.5) is 5.69 Å². The number of hydrogen-bond donors (Lipinski definition) is 2. The average molecular weight is 478 g/mol. The van der Waals surface area contributed by atoms with Crippen molar-refractivity contribution < 1.29 is 32.3 Å². The molecule has 0 aliphatic carbocycles. The number of ketones is 1. The highest BCUT2D eigenvalue weighted by molar-refractivity contribution is 7.89. The molecule has 1 aliphatic rings. The number of carbonyl (C=O) groups excluding carboxylic acids is 3. The number of anilines is 1. The zero-order valence-electron chi connectivity index (χ0n) is 18.9. The van der Waals surface area contributed by atoms with Gasteiger partial charge in [0.15, 0.2) is 11.9 Å². The summed E-state index contributed by atoms with van der Waals surface area (Å²) in [6.45, 7) is 7.28. The highest BCUT2D eigenvalue weighted by Gasteiger charge is 2.28. The zero-order valence-corrected chi connectivity index (χ0v) is 19.7. The predicted octanol–water partition coefficient (Wildman–Crippen LogP) is 2.04. The van der Waals surface area contributed by atoms with E-state index in [1.165, 1.54) is 36.4 Å². The van der Waals surface area contributed by atoms with E-state index in [-0.39, 0.29) is 35.1 Å². The van der Waals surface area contributed by atoms with E-state index in [1.54, 1.807) is 19.9 Å². The summed E-state index contributed by atoms with van der Waals surface area (Å²) in [6.07, 6.45) is -1.17. The van der Waals surface area contributed by atoms with Crippen LogP contribution in [0.15, 0.2) is 29.2 Å². The molecule has 0 radical (unpaired) electrons. The second-order valence-corrected chi connectivity index (χ2v) is 9.70.